The van der Waals surface area contributed by atoms with Crippen LogP contribution in [0.1, 0.15) is 114 Å². The maximum Gasteiger partial charge on any atom is 0.246 e. The van der Waals surface area contributed by atoms with Gasteiger partial charge in [-0.3, -0.25) is 38.4 Å². The largest absolute Gasteiger partial charge is 0.347 e. The van der Waals surface area contributed by atoms with Crippen LogP contribution in [0.15, 0.2) is 48.5 Å². The predicted octanol–water partition coefficient (Wildman–Crippen LogP) is 3.71. The molecule has 5 heterocycles. The van der Waals surface area contributed by atoms with Gasteiger partial charge in [0.2, 0.25) is 47.3 Å². The SMILES string of the molecule is CNC(C)C(=O)N[C@H]1CCS[C@H]2CC(C)(C)[C@@H](C(=O)N[C@H]3c4ccccc4CC[C@H]3C(=O)N3CCN(C(=O)[C@@H]4CCc5ccccc5[C@@H]4NC(=O)[C@H]4N5C(=O)[C@@H](NC(=O)C(C)NC)CCS[C@H]5CC4(C)C)CC3)N2C1=O.Cl.Cl. The number of likely N-dealkylation sites (N-methyl/N-ethyl adjacent to an activating group) is 2. The third-order valence-corrected chi connectivity index (χ3v) is 20.0. The molecule has 12 atom stereocenters. The topological polar surface area (TPSA) is 222 Å². The summed E-state index contributed by atoms with van der Waals surface area (Å²) in [7, 11) is 3.38. The number of piperazine rings is 1. The Morgan fingerprint density at radius 1 is 0.551 bits per heavy atom. The molecule has 2 aromatic carbocycles. The number of halogens is 2. The minimum atomic E-state index is -0.840. The van der Waals surface area contributed by atoms with Crippen molar-refractivity contribution in [2.24, 2.45) is 22.7 Å². The predicted molar refractivity (Wildman–Crippen MR) is 307 cm³/mol. The normalized spacial score (nSPS) is 29.7. The van der Waals surface area contributed by atoms with Gasteiger partial charge >= 0.3 is 0 Å². The number of hydrogen-bond donors (Lipinski definition) is 6. The molecule has 0 bridgehead atoms. The van der Waals surface area contributed by atoms with Crippen molar-refractivity contribution >= 4 is 95.6 Å². The Morgan fingerprint density at radius 2 is 0.910 bits per heavy atom. The number of nitrogens with zero attached hydrogens (tertiary/aromatic N) is 4. The monoisotopic (exact) mass is 1150 g/mol. The van der Waals surface area contributed by atoms with Crippen LogP contribution in [0.25, 0.3) is 0 Å². The number of benzene rings is 2. The molecule has 0 aromatic heterocycles. The smallest absolute Gasteiger partial charge is 0.246 e. The quantitative estimate of drug-likeness (QED) is 0.179. The first-order valence-electron chi connectivity index (χ1n) is 27.4. The molecule has 0 spiro atoms. The Labute approximate surface area is 480 Å². The first kappa shape index (κ1) is 61.0. The van der Waals surface area contributed by atoms with Gasteiger partial charge in [0.05, 0.1) is 46.8 Å². The van der Waals surface area contributed by atoms with Gasteiger partial charge in [-0.1, -0.05) is 76.2 Å². The maximum absolute atomic E-state index is 15.0. The van der Waals surface area contributed by atoms with Crippen LogP contribution in [0.5, 0.6) is 0 Å². The lowest BCUT2D eigenvalue weighted by Gasteiger charge is -2.43. The highest BCUT2D eigenvalue weighted by Gasteiger charge is 2.57. The van der Waals surface area contributed by atoms with Gasteiger partial charge in [0.25, 0.3) is 0 Å². The molecule has 7 aliphatic rings. The molecule has 78 heavy (non-hydrogen) atoms. The molecule has 2 aromatic rings. The molecule has 6 N–H and O–H groups in total. The number of amides is 8. The second-order valence-corrected chi connectivity index (χ2v) is 25.9. The van der Waals surface area contributed by atoms with E-state index in [0.717, 1.165) is 22.3 Å². The second-order valence-electron chi connectivity index (χ2n) is 23.4. The number of carbonyl (C=O) groups is 8. The molecule has 5 saturated heterocycles. The molecule has 8 amide bonds. The first-order valence-corrected chi connectivity index (χ1v) is 29.5. The van der Waals surface area contributed by atoms with E-state index < -0.39 is 71.0 Å². The Hall–Kier alpha value is -4.60. The minimum Gasteiger partial charge on any atom is -0.347 e. The van der Waals surface area contributed by atoms with Gasteiger partial charge in [-0.15, -0.1) is 48.3 Å². The fraction of sp³-hybridized carbons (Fsp3) is 0.643. The zero-order chi connectivity index (χ0) is 54.4. The Kier molecular flexibility index (Phi) is 19.6. The van der Waals surface area contributed by atoms with E-state index >= 15 is 0 Å². The van der Waals surface area contributed by atoms with E-state index in [1.54, 1.807) is 61.3 Å². The van der Waals surface area contributed by atoms with E-state index in [4.69, 9.17) is 0 Å². The average molecular weight is 1160 g/mol. The van der Waals surface area contributed by atoms with E-state index in [-0.39, 0.29) is 109 Å². The van der Waals surface area contributed by atoms with Crippen LogP contribution < -0.4 is 31.9 Å². The highest BCUT2D eigenvalue weighted by molar-refractivity contribution is 8.00. The number of aryl methyl sites for hydroxylation is 2. The molecule has 0 saturated carbocycles. The summed E-state index contributed by atoms with van der Waals surface area (Å²) in [6.07, 6.45) is 4.39. The van der Waals surface area contributed by atoms with Crippen LogP contribution in [0.4, 0.5) is 0 Å². The zero-order valence-electron chi connectivity index (χ0n) is 46.1. The van der Waals surface area contributed by atoms with Crippen LogP contribution >= 0.6 is 48.3 Å². The van der Waals surface area contributed by atoms with Gasteiger partial charge in [0.15, 0.2) is 0 Å². The van der Waals surface area contributed by atoms with Crippen LogP contribution in [-0.4, -0.2) is 166 Å². The molecule has 2 aliphatic carbocycles. The van der Waals surface area contributed by atoms with E-state index in [0.29, 0.717) is 62.9 Å². The second kappa shape index (κ2) is 25.0. The van der Waals surface area contributed by atoms with Crippen molar-refractivity contribution in [3.63, 3.8) is 0 Å². The highest BCUT2D eigenvalue weighted by atomic mass is 35.5. The van der Waals surface area contributed by atoms with Crippen molar-refractivity contribution in [2.45, 2.75) is 152 Å². The molecule has 18 nitrogen and oxygen atoms in total. The summed E-state index contributed by atoms with van der Waals surface area (Å²) < 4.78 is 0. The van der Waals surface area contributed by atoms with E-state index in [2.05, 4.69) is 31.9 Å². The van der Waals surface area contributed by atoms with Gasteiger partial charge in [-0.25, -0.2) is 0 Å². The average Bonchev–Trinajstić information content (AvgIpc) is 3.75. The van der Waals surface area contributed by atoms with Crippen molar-refractivity contribution in [3.05, 3.63) is 70.8 Å². The number of carbonyl (C=O) groups excluding carboxylic acids is 8. The number of fused-ring (bicyclic) bond motifs is 4. The molecule has 5 fully saturated rings. The van der Waals surface area contributed by atoms with Crippen molar-refractivity contribution in [1.29, 1.82) is 0 Å². The highest BCUT2D eigenvalue weighted by Crippen LogP contribution is 2.49. The summed E-state index contributed by atoms with van der Waals surface area (Å²) in [6.45, 7) is 12.6. The van der Waals surface area contributed by atoms with Crippen LogP contribution in [0.3, 0.4) is 0 Å². The summed E-state index contributed by atoms with van der Waals surface area (Å²) in [5.41, 5.74) is 2.64. The summed E-state index contributed by atoms with van der Waals surface area (Å²) >= 11 is 3.27. The number of nitrogens with one attached hydrogen (secondary N) is 6. The van der Waals surface area contributed by atoms with Gasteiger partial charge in [0, 0.05) is 26.2 Å². The number of rotatable bonds is 12. The van der Waals surface area contributed by atoms with Crippen LogP contribution in [-0.2, 0) is 51.2 Å². The fourth-order valence-corrected chi connectivity index (χ4v) is 16.2. The van der Waals surface area contributed by atoms with Gasteiger partial charge in [-0.05, 0) is 124 Å². The molecule has 2 unspecified atom stereocenters. The lowest BCUT2D eigenvalue weighted by Crippen LogP contribution is -2.59. The van der Waals surface area contributed by atoms with Gasteiger partial charge in [-0.2, -0.15) is 0 Å². The van der Waals surface area contributed by atoms with Crippen LogP contribution in [0, 0.1) is 22.7 Å². The lowest BCUT2D eigenvalue weighted by atomic mass is 9.77. The standard InChI is InChI=1S/C56H78N10O8S2.2ClH/c1-31(57-7)47(67)59-39-21-27-75-41-29-55(3,4)45(65(41)53(39)73)49(69)61-43-35-15-11-9-13-33(35)17-19-37(43)51(71)63-23-25-64(26-24-63)52(72)38-20-18-34-14-10-12-16-36(34)44(38)62-50(70)46-56(5,6)30-42-66(46)54(74)40(22-28-76-42)60-48(68)32(2)58-8;;/h9-16,31-32,37-46,57-58H,17-30H2,1-8H3,(H,59,67)(H,60,68)(H,61,69)(H,62,70);2*1H/t31?,32?,37-,38-,39+,40+,41+,42+,43+,44+,45-,46-;;/m1../s1. The Morgan fingerprint density at radius 3 is 1.27 bits per heavy atom. The summed E-state index contributed by atoms with van der Waals surface area (Å²) in [4.78, 5) is 122. The molecular formula is C56H80Cl2N10O8S2. The summed E-state index contributed by atoms with van der Waals surface area (Å²) in [5, 5.41) is 17.9. The van der Waals surface area contributed by atoms with Gasteiger partial charge < -0.3 is 51.5 Å². The Bertz CT molecular complexity index is 2430. The number of thioether (sulfide) groups is 2. The summed E-state index contributed by atoms with van der Waals surface area (Å²) in [6, 6.07) is 10.2. The maximum atomic E-state index is 15.0. The third-order valence-electron chi connectivity index (χ3n) is 17.5. The molecule has 5 aliphatic heterocycles. The molecular weight excluding hydrogens is 1080 g/mol. The third kappa shape index (κ3) is 12.0. The van der Waals surface area contributed by atoms with E-state index in [1.165, 1.54) is 0 Å². The van der Waals surface area contributed by atoms with Crippen molar-refractivity contribution < 1.29 is 38.4 Å². The minimum absolute atomic E-state index is 0. The van der Waals surface area contributed by atoms with Gasteiger partial charge in [0.1, 0.15) is 24.2 Å². The van der Waals surface area contributed by atoms with Crippen molar-refractivity contribution in [2.75, 3.05) is 51.8 Å². The first-order chi connectivity index (χ1) is 36.2. The zero-order valence-corrected chi connectivity index (χ0v) is 49.4. The fourth-order valence-electron chi connectivity index (χ4n) is 13.0. The molecule has 428 valence electrons. The number of hydrogen-bond acceptors (Lipinski definition) is 12. The van der Waals surface area contributed by atoms with Crippen LogP contribution in [0.2, 0.25) is 0 Å². The lowest BCUT2D eigenvalue weighted by molar-refractivity contribution is -0.148. The molecule has 0 radical (unpaired) electrons. The van der Waals surface area contributed by atoms with Crippen molar-refractivity contribution in [1.82, 2.24) is 51.5 Å². The van der Waals surface area contributed by atoms with E-state index in [9.17, 15) is 38.4 Å². The molecule has 22 heteroatoms. The van der Waals surface area contributed by atoms with E-state index in [1.807, 2.05) is 86.0 Å². The van der Waals surface area contributed by atoms with Crippen molar-refractivity contribution in [3.8, 4) is 0 Å². The summed E-state index contributed by atoms with van der Waals surface area (Å²) in [5.74, 6) is -1.89. The molecule has 9 rings (SSSR count). The Balaban J connectivity index is 0.00000441.